The molecule has 2 rings (SSSR count). The van der Waals surface area contributed by atoms with Crippen LogP contribution in [0.15, 0.2) is 42.3 Å². The second-order valence-electron chi connectivity index (χ2n) is 4.97. The van der Waals surface area contributed by atoms with Crippen molar-refractivity contribution in [2.45, 2.75) is 38.7 Å². The van der Waals surface area contributed by atoms with E-state index in [0.717, 1.165) is 7.11 Å². The topological polar surface area (TPSA) is 47.9 Å². The van der Waals surface area contributed by atoms with Crippen molar-refractivity contribution in [2.24, 2.45) is 0 Å². The van der Waals surface area contributed by atoms with Crippen molar-refractivity contribution in [3.63, 3.8) is 0 Å². The van der Waals surface area contributed by atoms with Gasteiger partial charge in [0.15, 0.2) is 11.5 Å². The monoisotopic (exact) mass is 358 g/mol. The fraction of sp³-hybridized carbons (Fsp3) is 0.429. The molecule has 0 saturated heterocycles. The average Bonchev–Trinajstić information content (AvgIpc) is 2.83. The third-order valence-electron chi connectivity index (χ3n) is 3.02. The Morgan fingerprint density at radius 2 is 2.08 bits per heavy atom. The standard InChI is InChI=1S/C21H28O4/c1-16-7-6-10-19(13-16)25-15-18(22)9-5-4-8-17-11-12-20(23-2)21(14-17)24-3/h6-7,10-14,18,22H,4-5,8-9,15H2,1-3H3/i2D3,4D2,6D,7D,10D,11D,12D,13D,14D,15D2. The number of aliphatic hydroxyl groups is 1. The van der Waals surface area contributed by atoms with Crippen molar-refractivity contribution in [1.82, 2.24) is 0 Å². The van der Waals surface area contributed by atoms with Crippen LogP contribution in [0.5, 0.6) is 17.2 Å². The fourth-order valence-electron chi connectivity index (χ4n) is 1.82. The first-order chi connectivity index (χ1) is 17.6. The van der Waals surface area contributed by atoms with Crippen molar-refractivity contribution in [1.29, 1.82) is 0 Å². The van der Waals surface area contributed by atoms with Crippen LogP contribution in [0.4, 0.5) is 0 Å². The van der Waals surface area contributed by atoms with Gasteiger partial charge < -0.3 is 19.3 Å². The van der Waals surface area contributed by atoms with Crippen LogP contribution in [0.3, 0.4) is 0 Å². The lowest BCUT2D eigenvalue weighted by atomic mass is 10.0. The molecule has 0 aliphatic carbocycles. The lowest BCUT2D eigenvalue weighted by molar-refractivity contribution is 0.0976. The third kappa shape index (κ3) is 6.31. The van der Waals surface area contributed by atoms with Crippen LogP contribution in [0, 0.1) is 6.92 Å². The van der Waals surface area contributed by atoms with Gasteiger partial charge in [-0.1, -0.05) is 24.5 Å². The summed E-state index contributed by atoms with van der Waals surface area (Å²) in [7, 11) is -1.91. The van der Waals surface area contributed by atoms with Gasteiger partial charge in [-0.05, 0) is 61.4 Å². The van der Waals surface area contributed by atoms with Crippen LogP contribution in [-0.4, -0.2) is 31.9 Å². The summed E-state index contributed by atoms with van der Waals surface area (Å²) >= 11 is 0. The molecule has 0 fully saturated rings. The van der Waals surface area contributed by atoms with E-state index in [9.17, 15) is 5.11 Å². The molecule has 0 bridgehead atoms. The minimum atomic E-state index is -3.00. The Labute approximate surface area is 170 Å². The third-order valence-corrected chi connectivity index (χ3v) is 3.02. The summed E-state index contributed by atoms with van der Waals surface area (Å²) in [6.07, 6.45) is -5.94. The Kier molecular flexibility index (Phi) is 3.02. The molecular weight excluding hydrogens is 316 g/mol. The van der Waals surface area contributed by atoms with Crippen molar-refractivity contribution < 1.29 is 38.5 Å². The van der Waals surface area contributed by atoms with Gasteiger partial charge >= 0.3 is 0 Å². The molecule has 0 aliphatic heterocycles. The average molecular weight is 359 g/mol. The summed E-state index contributed by atoms with van der Waals surface area (Å²) in [4.78, 5) is 0. The SMILES string of the molecule is [2H]c1c([2H])c(C)c([2H])c(OC([2H])([2H])C(O)CCC([2H])([2H])Cc2c([2H])c([2H])c(OC([2H])([2H])[2H])c(OC)c2[2H])c1[2H]. The molecule has 1 atom stereocenters. The van der Waals surface area contributed by atoms with Crippen LogP contribution < -0.4 is 14.2 Å². The smallest absolute Gasteiger partial charge is 0.160 e. The fourth-order valence-corrected chi connectivity index (χ4v) is 1.82. The van der Waals surface area contributed by atoms with Crippen LogP contribution in [0.2, 0.25) is 0 Å². The van der Waals surface area contributed by atoms with Crippen LogP contribution >= 0.6 is 0 Å². The molecule has 2 aromatic carbocycles. The first-order valence-electron chi connectivity index (χ1n) is 14.4. The van der Waals surface area contributed by atoms with E-state index in [-0.39, 0.29) is 17.2 Å². The summed E-state index contributed by atoms with van der Waals surface area (Å²) in [5, 5.41) is 10.5. The van der Waals surface area contributed by atoms with Crippen LogP contribution in [-0.2, 0) is 6.42 Å². The number of rotatable bonds is 10. The first-order valence-corrected chi connectivity index (χ1v) is 7.44. The molecule has 0 aliphatic rings. The van der Waals surface area contributed by atoms with Gasteiger partial charge in [0, 0.05) is 2.74 Å². The normalized spacial score (nSPS) is 21.6. The molecule has 0 heterocycles. The van der Waals surface area contributed by atoms with Gasteiger partial charge in [-0.3, -0.25) is 0 Å². The minimum Gasteiger partial charge on any atom is -0.493 e. The van der Waals surface area contributed by atoms with Crippen molar-refractivity contribution >= 4 is 0 Å². The summed E-state index contributed by atoms with van der Waals surface area (Å²) < 4.78 is 125. The molecule has 1 unspecified atom stereocenters. The molecule has 2 aromatic rings. The quantitative estimate of drug-likeness (QED) is 0.693. The maximum absolute atomic E-state index is 10.5. The summed E-state index contributed by atoms with van der Waals surface area (Å²) in [5.74, 6) is -1.78. The second-order valence-corrected chi connectivity index (χ2v) is 4.97. The lowest BCUT2D eigenvalue weighted by Gasteiger charge is -2.13. The molecular formula is C21H28O4. The Bertz CT molecular complexity index is 1200. The Morgan fingerprint density at radius 1 is 1.20 bits per heavy atom. The van der Waals surface area contributed by atoms with E-state index in [1.807, 2.05) is 0 Å². The van der Waals surface area contributed by atoms with Gasteiger partial charge in [-0.2, -0.15) is 0 Å². The predicted molar refractivity (Wildman–Crippen MR) is 99.8 cm³/mol. The number of benzene rings is 2. The van der Waals surface area contributed by atoms with Gasteiger partial charge in [0.25, 0.3) is 0 Å². The highest BCUT2D eigenvalue weighted by Crippen LogP contribution is 2.28. The molecule has 0 spiro atoms. The highest BCUT2D eigenvalue weighted by atomic mass is 16.5. The van der Waals surface area contributed by atoms with E-state index in [0.29, 0.717) is 0 Å². The van der Waals surface area contributed by atoms with E-state index in [1.165, 1.54) is 6.92 Å². The minimum absolute atomic E-state index is 0.0236. The molecule has 4 heteroatoms. The first kappa shape index (κ1) is 7.58. The molecule has 0 aromatic heterocycles. The molecule has 0 amide bonds. The molecule has 4 nitrogen and oxygen atoms in total. The van der Waals surface area contributed by atoms with Gasteiger partial charge in [-0.25, -0.2) is 0 Å². The molecule has 136 valence electrons. The van der Waals surface area contributed by atoms with Crippen molar-refractivity contribution in [2.75, 3.05) is 20.7 Å². The van der Waals surface area contributed by atoms with E-state index in [4.69, 9.17) is 33.4 Å². The van der Waals surface area contributed by atoms with Gasteiger partial charge in [0.2, 0.25) is 0 Å². The van der Waals surface area contributed by atoms with Gasteiger partial charge in [-0.15, -0.1) is 0 Å². The molecule has 0 radical (unpaired) electrons. The molecule has 1 N–H and O–H groups in total. The van der Waals surface area contributed by atoms with Crippen molar-refractivity contribution in [3.05, 3.63) is 53.4 Å². The van der Waals surface area contributed by atoms with Gasteiger partial charge in [0.05, 0.1) is 36.7 Å². The Hall–Kier alpha value is -2.20. The zero-order chi connectivity index (χ0) is 30.2. The molecule has 25 heavy (non-hydrogen) atoms. The highest BCUT2D eigenvalue weighted by Gasteiger charge is 2.07. The van der Waals surface area contributed by atoms with E-state index < -0.39 is 98.8 Å². The maximum atomic E-state index is 10.5. The van der Waals surface area contributed by atoms with E-state index in [1.54, 1.807) is 0 Å². The second kappa shape index (κ2) is 9.94. The number of methoxy groups -OCH3 is 2. The van der Waals surface area contributed by atoms with E-state index in [2.05, 4.69) is 0 Å². The number of hydrogen-bond donors (Lipinski definition) is 1. The van der Waals surface area contributed by atoms with Crippen LogP contribution in [0.1, 0.15) is 49.5 Å². The maximum Gasteiger partial charge on any atom is 0.160 e. The van der Waals surface area contributed by atoms with Gasteiger partial charge in [0.1, 0.15) is 12.3 Å². The van der Waals surface area contributed by atoms with E-state index >= 15 is 0 Å². The summed E-state index contributed by atoms with van der Waals surface area (Å²) in [6, 6.07) is -4.13. The number of hydrogen-bond acceptors (Lipinski definition) is 4. The Balaban J connectivity index is 2.27. The summed E-state index contributed by atoms with van der Waals surface area (Å²) in [5.41, 5.74) is -0.315. The zero-order valence-corrected chi connectivity index (χ0v) is 13.9. The Morgan fingerprint density at radius 3 is 2.88 bits per heavy atom. The predicted octanol–water partition coefficient (Wildman–Crippen LogP) is 4.16. The number of aliphatic hydroxyl groups excluding tert-OH is 1. The zero-order valence-electron chi connectivity index (χ0n) is 27.9. The van der Waals surface area contributed by atoms with Crippen LogP contribution in [0.25, 0.3) is 0 Å². The number of ether oxygens (including phenoxy) is 3. The summed E-state index contributed by atoms with van der Waals surface area (Å²) in [6.45, 7) is -1.59. The van der Waals surface area contributed by atoms with Crippen molar-refractivity contribution in [3.8, 4) is 17.2 Å². The highest BCUT2D eigenvalue weighted by molar-refractivity contribution is 5.42. The lowest BCUT2D eigenvalue weighted by Crippen LogP contribution is -2.17. The molecule has 0 saturated carbocycles. The largest absolute Gasteiger partial charge is 0.493 e.